The Morgan fingerprint density at radius 1 is 1.30 bits per heavy atom. The maximum Gasteiger partial charge on any atom is 0.276 e. The maximum atomic E-state index is 12.4. The van der Waals surface area contributed by atoms with Gasteiger partial charge in [-0.2, -0.15) is 5.10 Å². The molecule has 0 aromatic carbocycles. The highest BCUT2D eigenvalue weighted by atomic mass is 16.5. The maximum absolute atomic E-state index is 12.4. The van der Waals surface area contributed by atoms with Gasteiger partial charge in [-0.1, -0.05) is 5.16 Å². The normalized spacial score (nSPS) is 15.2. The van der Waals surface area contributed by atoms with Crippen LogP contribution in [-0.2, 0) is 6.54 Å². The molecule has 4 rings (SSSR count). The number of carbonyl (C=O) groups is 1. The van der Waals surface area contributed by atoms with Gasteiger partial charge in [0.05, 0.1) is 0 Å². The molecular formula is C18H20N6O3. The van der Waals surface area contributed by atoms with Crippen LogP contribution in [0.5, 0.6) is 0 Å². The van der Waals surface area contributed by atoms with Gasteiger partial charge in [0.15, 0.2) is 11.5 Å². The van der Waals surface area contributed by atoms with Gasteiger partial charge >= 0.3 is 0 Å². The molecule has 0 N–H and O–H groups in total. The molecule has 0 unspecified atom stereocenters. The number of rotatable bonds is 4. The number of likely N-dealkylation sites (tertiary alicyclic amines) is 1. The standard InChI is InChI=1S/C18H20N6O3/c1-13-11-15(21-27-13)18(26)22-9-5-14(6-10-22)12-24-17(25)4-3-16(20-24)23-8-2-7-19-23/h2-4,7-8,11,14H,5-6,9-10,12H2,1H3. The zero-order chi connectivity index (χ0) is 18.8. The largest absolute Gasteiger partial charge is 0.361 e. The fourth-order valence-corrected chi connectivity index (χ4v) is 3.29. The van der Waals surface area contributed by atoms with Crippen LogP contribution in [0, 0.1) is 12.8 Å². The van der Waals surface area contributed by atoms with Gasteiger partial charge in [-0.25, -0.2) is 9.36 Å². The van der Waals surface area contributed by atoms with Crippen LogP contribution in [0.2, 0.25) is 0 Å². The number of aryl methyl sites for hydroxylation is 1. The van der Waals surface area contributed by atoms with Gasteiger partial charge in [-0.3, -0.25) is 9.59 Å². The zero-order valence-electron chi connectivity index (χ0n) is 15.0. The van der Waals surface area contributed by atoms with Crippen LogP contribution in [0.25, 0.3) is 5.82 Å². The van der Waals surface area contributed by atoms with Crippen molar-refractivity contribution in [2.75, 3.05) is 13.1 Å². The van der Waals surface area contributed by atoms with Crippen LogP contribution in [0.3, 0.4) is 0 Å². The average Bonchev–Trinajstić information content (AvgIpc) is 3.35. The van der Waals surface area contributed by atoms with Gasteiger partial charge < -0.3 is 9.42 Å². The molecule has 4 heterocycles. The molecule has 3 aromatic heterocycles. The van der Waals surface area contributed by atoms with E-state index in [4.69, 9.17) is 4.52 Å². The molecule has 9 nitrogen and oxygen atoms in total. The van der Waals surface area contributed by atoms with Crippen LogP contribution in [0.15, 0.2) is 46.0 Å². The highest BCUT2D eigenvalue weighted by molar-refractivity contribution is 5.92. The molecule has 0 atom stereocenters. The van der Waals surface area contributed by atoms with E-state index >= 15 is 0 Å². The van der Waals surface area contributed by atoms with E-state index in [1.54, 1.807) is 47.1 Å². The molecule has 0 bridgehead atoms. The average molecular weight is 368 g/mol. The Labute approximate surface area is 155 Å². The van der Waals surface area contributed by atoms with E-state index in [0.717, 1.165) is 12.8 Å². The first kappa shape index (κ1) is 17.2. The summed E-state index contributed by atoms with van der Waals surface area (Å²) in [6.45, 7) is 3.54. The molecule has 140 valence electrons. The van der Waals surface area contributed by atoms with Crippen LogP contribution < -0.4 is 5.56 Å². The first-order valence-corrected chi connectivity index (χ1v) is 8.91. The van der Waals surface area contributed by atoms with E-state index in [0.29, 0.717) is 36.9 Å². The van der Waals surface area contributed by atoms with Crippen LogP contribution in [-0.4, -0.2) is 48.6 Å². The molecule has 1 fully saturated rings. The third kappa shape index (κ3) is 3.67. The molecule has 3 aromatic rings. The van der Waals surface area contributed by atoms with Crippen molar-refractivity contribution in [2.45, 2.75) is 26.3 Å². The van der Waals surface area contributed by atoms with Gasteiger partial charge in [0.25, 0.3) is 11.5 Å². The predicted octanol–water partition coefficient (Wildman–Crippen LogP) is 1.28. The van der Waals surface area contributed by atoms with E-state index in [2.05, 4.69) is 15.4 Å². The minimum atomic E-state index is -0.137. The quantitative estimate of drug-likeness (QED) is 0.688. The number of hydrogen-bond donors (Lipinski definition) is 0. The Bertz CT molecular complexity index is 983. The van der Waals surface area contributed by atoms with Crippen molar-refractivity contribution in [3.63, 3.8) is 0 Å². The zero-order valence-corrected chi connectivity index (χ0v) is 15.0. The highest BCUT2D eigenvalue weighted by Gasteiger charge is 2.26. The fraction of sp³-hybridized carbons (Fsp3) is 0.389. The van der Waals surface area contributed by atoms with Crippen molar-refractivity contribution in [3.8, 4) is 5.82 Å². The minimum absolute atomic E-state index is 0.110. The molecule has 9 heteroatoms. The smallest absolute Gasteiger partial charge is 0.276 e. The fourth-order valence-electron chi connectivity index (χ4n) is 3.29. The number of hydrogen-bond acceptors (Lipinski definition) is 6. The van der Waals surface area contributed by atoms with Gasteiger partial charge in [0.2, 0.25) is 0 Å². The third-order valence-electron chi connectivity index (χ3n) is 4.77. The molecule has 0 spiro atoms. The van der Waals surface area contributed by atoms with Crippen molar-refractivity contribution < 1.29 is 9.32 Å². The molecule has 1 aliphatic heterocycles. The Morgan fingerprint density at radius 3 is 2.78 bits per heavy atom. The summed E-state index contributed by atoms with van der Waals surface area (Å²) in [5.41, 5.74) is 0.207. The highest BCUT2D eigenvalue weighted by Crippen LogP contribution is 2.20. The van der Waals surface area contributed by atoms with Gasteiger partial charge in [-0.15, -0.1) is 5.10 Å². The number of aromatic nitrogens is 5. The lowest BCUT2D eigenvalue weighted by Crippen LogP contribution is -2.40. The third-order valence-corrected chi connectivity index (χ3v) is 4.77. The predicted molar refractivity (Wildman–Crippen MR) is 95.5 cm³/mol. The molecule has 0 radical (unpaired) electrons. The monoisotopic (exact) mass is 368 g/mol. The van der Waals surface area contributed by atoms with Crippen LogP contribution >= 0.6 is 0 Å². The Hall–Kier alpha value is -3.23. The Balaban J connectivity index is 1.40. The second kappa shape index (κ2) is 7.18. The molecule has 0 aliphatic carbocycles. The lowest BCUT2D eigenvalue weighted by atomic mass is 9.96. The lowest BCUT2D eigenvalue weighted by Gasteiger charge is -2.31. The number of amides is 1. The van der Waals surface area contributed by atoms with Crippen molar-refractivity contribution in [2.24, 2.45) is 5.92 Å². The van der Waals surface area contributed by atoms with Gasteiger partial charge in [-0.05, 0) is 37.8 Å². The number of carbonyl (C=O) groups excluding carboxylic acids is 1. The van der Waals surface area contributed by atoms with E-state index in [1.807, 2.05) is 0 Å². The number of piperidine rings is 1. The first-order chi connectivity index (χ1) is 13.1. The van der Waals surface area contributed by atoms with E-state index in [1.165, 1.54) is 10.7 Å². The molecule has 1 aliphatic rings. The summed E-state index contributed by atoms with van der Waals surface area (Å²) in [6.07, 6.45) is 5.07. The number of nitrogens with zero attached hydrogens (tertiary/aromatic N) is 6. The van der Waals surface area contributed by atoms with Crippen molar-refractivity contribution >= 4 is 5.91 Å². The molecule has 1 amide bonds. The van der Waals surface area contributed by atoms with Crippen molar-refractivity contribution in [3.05, 3.63) is 58.5 Å². The van der Waals surface area contributed by atoms with Gasteiger partial charge in [0, 0.05) is 44.2 Å². The molecule has 1 saturated heterocycles. The summed E-state index contributed by atoms with van der Waals surface area (Å²) >= 11 is 0. The SMILES string of the molecule is Cc1cc(C(=O)N2CCC(Cn3nc(-n4cccn4)ccc3=O)CC2)no1. The summed E-state index contributed by atoms with van der Waals surface area (Å²) in [7, 11) is 0. The minimum Gasteiger partial charge on any atom is -0.361 e. The Morgan fingerprint density at radius 2 is 2.11 bits per heavy atom. The summed E-state index contributed by atoms with van der Waals surface area (Å²) in [6, 6.07) is 6.63. The summed E-state index contributed by atoms with van der Waals surface area (Å²) < 4.78 is 8.09. The summed E-state index contributed by atoms with van der Waals surface area (Å²) in [5.74, 6) is 1.40. The van der Waals surface area contributed by atoms with Crippen molar-refractivity contribution in [1.82, 2.24) is 29.6 Å². The summed E-state index contributed by atoms with van der Waals surface area (Å²) in [4.78, 5) is 26.4. The molecule has 27 heavy (non-hydrogen) atoms. The van der Waals surface area contributed by atoms with Crippen molar-refractivity contribution in [1.29, 1.82) is 0 Å². The first-order valence-electron chi connectivity index (χ1n) is 8.91. The Kier molecular flexibility index (Phi) is 4.57. The molecular weight excluding hydrogens is 348 g/mol. The van der Waals surface area contributed by atoms with Crippen LogP contribution in [0.4, 0.5) is 0 Å². The van der Waals surface area contributed by atoms with Crippen LogP contribution in [0.1, 0.15) is 29.1 Å². The van der Waals surface area contributed by atoms with E-state index < -0.39 is 0 Å². The second-order valence-electron chi connectivity index (χ2n) is 6.72. The van der Waals surface area contributed by atoms with Gasteiger partial charge in [0.1, 0.15) is 5.76 Å². The topological polar surface area (TPSA) is 99.1 Å². The molecule has 0 saturated carbocycles. The van der Waals surface area contributed by atoms with E-state index in [-0.39, 0.29) is 17.4 Å². The second-order valence-corrected chi connectivity index (χ2v) is 6.72. The lowest BCUT2D eigenvalue weighted by molar-refractivity contribution is 0.0670. The van der Waals surface area contributed by atoms with E-state index in [9.17, 15) is 9.59 Å². The summed E-state index contributed by atoms with van der Waals surface area (Å²) in [5, 5.41) is 12.4.